The van der Waals surface area contributed by atoms with Crippen LogP contribution in [0.3, 0.4) is 0 Å². The van der Waals surface area contributed by atoms with Crippen LogP contribution in [0.1, 0.15) is 27.2 Å². The minimum Gasteiger partial charge on any atom is -0.391 e. The molecule has 11 heavy (non-hydrogen) atoms. The molecule has 1 rings (SSSR count). The molecule has 1 fully saturated rings. The summed E-state index contributed by atoms with van der Waals surface area (Å²) in [6, 6.07) is 0. The highest BCUT2D eigenvalue weighted by atomic mass is 16.3. The first-order valence-electron chi connectivity index (χ1n) is 4.46. The van der Waals surface area contributed by atoms with Crippen LogP contribution in [0.5, 0.6) is 0 Å². The van der Waals surface area contributed by atoms with Gasteiger partial charge in [0.15, 0.2) is 0 Å². The predicted molar refractivity (Wildman–Crippen MR) is 46.5 cm³/mol. The Bertz CT molecular complexity index is 134. The minimum absolute atomic E-state index is 0.106. The van der Waals surface area contributed by atoms with Crippen molar-refractivity contribution < 1.29 is 5.11 Å². The van der Waals surface area contributed by atoms with E-state index in [1.54, 1.807) is 0 Å². The predicted octanol–water partition coefficient (Wildman–Crippen LogP) is 1.10. The van der Waals surface area contributed by atoms with Crippen LogP contribution in [0.4, 0.5) is 0 Å². The quantitative estimate of drug-likeness (QED) is 0.649. The molecule has 2 nitrogen and oxygen atoms in total. The van der Waals surface area contributed by atoms with Crippen molar-refractivity contribution >= 4 is 0 Å². The minimum atomic E-state index is -0.131. The van der Waals surface area contributed by atoms with Gasteiger partial charge in [-0.25, -0.2) is 0 Å². The molecule has 0 spiro atoms. The first kappa shape index (κ1) is 9.01. The summed E-state index contributed by atoms with van der Waals surface area (Å²) in [5.74, 6) is 0. The number of hydrogen-bond donors (Lipinski definition) is 1. The molecule has 1 N–H and O–H groups in total. The molecule has 0 aromatic carbocycles. The fraction of sp³-hybridized carbons (Fsp3) is 1.00. The first-order valence-corrected chi connectivity index (χ1v) is 4.46. The van der Waals surface area contributed by atoms with Crippen LogP contribution >= 0.6 is 0 Å². The molecule has 1 aliphatic heterocycles. The maximum Gasteiger partial charge on any atom is 0.0730 e. The van der Waals surface area contributed by atoms with E-state index in [1.165, 1.54) is 6.42 Å². The van der Waals surface area contributed by atoms with E-state index in [1.807, 2.05) is 0 Å². The molecule has 1 unspecified atom stereocenters. The smallest absolute Gasteiger partial charge is 0.0730 e. The van der Waals surface area contributed by atoms with Crippen LogP contribution in [0, 0.1) is 5.41 Å². The van der Waals surface area contributed by atoms with Crippen molar-refractivity contribution in [2.45, 2.75) is 33.3 Å². The third kappa shape index (κ3) is 1.94. The van der Waals surface area contributed by atoms with Crippen LogP contribution in [0.2, 0.25) is 0 Å². The van der Waals surface area contributed by atoms with Crippen molar-refractivity contribution in [2.24, 2.45) is 5.41 Å². The lowest BCUT2D eigenvalue weighted by atomic mass is 9.90. The number of hydrogen-bond acceptors (Lipinski definition) is 2. The van der Waals surface area contributed by atoms with E-state index >= 15 is 0 Å². The number of aliphatic hydroxyl groups excluding tert-OH is 1. The Morgan fingerprint density at radius 3 is 2.55 bits per heavy atom. The van der Waals surface area contributed by atoms with Gasteiger partial charge in [0.2, 0.25) is 0 Å². The lowest BCUT2D eigenvalue weighted by Gasteiger charge is -2.20. The normalized spacial score (nSPS) is 31.1. The standard InChI is InChI=1S/C9H19NO/c1-4-5-10-6-8(11)9(2,3)7-10/h8,11H,4-7H2,1-3H3. The fourth-order valence-electron chi connectivity index (χ4n) is 1.72. The van der Waals surface area contributed by atoms with Gasteiger partial charge in [-0.15, -0.1) is 0 Å². The number of aliphatic hydroxyl groups is 1. The second-order valence-electron chi connectivity index (χ2n) is 4.24. The number of likely N-dealkylation sites (tertiary alicyclic amines) is 1. The van der Waals surface area contributed by atoms with Gasteiger partial charge in [-0.05, 0) is 13.0 Å². The van der Waals surface area contributed by atoms with E-state index in [0.29, 0.717) is 0 Å². The average molecular weight is 157 g/mol. The maximum absolute atomic E-state index is 9.61. The Labute approximate surface area is 69.2 Å². The Morgan fingerprint density at radius 1 is 1.55 bits per heavy atom. The molecule has 1 saturated heterocycles. The van der Waals surface area contributed by atoms with E-state index in [4.69, 9.17) is 0 Å². The molecule has 2 heteroatoms. The molecule has 0 aromatic rings. The third-order valence-electron chi connectivity index (χ3n) is 2.50. The molecule has 66 valence electrons. The van der Waals surface area contributed by atoms with Crippen molar-refractivity contribution in [3.8, 4) is 0 Å². The zero-order valence-corrected chi connectivity index (χ0v) is 7.80. The molecular formula is C9H19NO. The molecule has 0 amide bonds. The van der Waals surface area contributed by atoms with Gasteiger partial charge in [0, 0.05) is 18.5 Å². The lowest BCUT2D eigenvalue weighted by Crippen LogP contribution is -2.26. The van der Waals surface area contributed by atoms with E-state index in [-0.39, 0.29) is 11.5 Å². The fourth-order valence-corrected chi connectivity index (χ4v) is 1.72. The second-order valence-corrected chi connectivity index (χ2v) is 4.24. The summed E-state index contributed by atoms with van der Waals surface area (Å²) >= 11 is 0. The molecular weight excluding hydrogens is 138 g/mol. The van der Waals surface area contributed by atoms with Gasteiger partial charge < -0.3 is 10.0 Å². The van der Waals surface area contributed by atoms with E-state index in [2.05, 4.69) is 25.7 Å². The highest BCUT2D eigenvalue weighted by Gasteiger charge is 2.37. The van der Waals surface area contributed by atoms with Crippen LogP contribution in [-0.2, 0) is 0 Å². The summed E-state index contributed by atoms with van der Waals surface area (Å²) in [6.07, 6.45) is 1.05. The van der Waals surface area contributed by atoms with Crippen molar-refractivity contribution in [3.63, 3.8) is 0 Å². The van der Waals surface area contributed by atoms with Crippen molar-refractivity contribution in [1.82, 2.24) is 4.90 Å². The number of nitrogens with zero attached hydrogens (tertiary/aromatic N) is 1. The van der Waals surface area contributed by atoms with Gasteiger partial charge in [0.25, 0.3) is 0 Å². The van der Waals surface area contributed by atoms with Gasteiger partial charge in [0.1, 0.15) is 0 Å². The van der Waals surface area contributed by atoms with Crippen molar-refractivity contribution in [2.75, 3.05) is 19.6 Å². The van der Waals surface area contributed by atoms with Crippen LogP contribution in [0.15, 0.2) is 0 Å². The Morgan fingerprint density at radius 2 is 2.18 bits per heavy atom. The van der Waals surface area contributed by atoms with Gasteiger partial charge in [-0.3, -0.25) is 0 Å². The summed E-state index contributed by atoms with van der Waals surface area (Å²) in [7, 11) is 0. The zero-order chi connectivity index (χ0) is 8.48. The average Bonchev–Trinajstić information content (AvgIpc) is 2.08. The van der Waals surface area contributed by atoms with Crippen molar-refractivity contribution in [3.05, 3.63) is 0 Å². The highest BCUT2D eigenvalue weighted by molar-refractivity contribution is 4.90. The number of β-amino-alcohol motifs (C(OH)–C–C–N with tert-alkyl or cyclic N) is 1. The number of rotatable bonds is 2. The molecule has 0 aliphatic carbocycles. The van der Waals surface area contributed by atoms with Gasteiger partial charge in [0.05, 0.1) is 6.10 Å². The van der Waals surface area contributed by atoms with Crippen LogP contribution in [-0.4, -0.2) is 35.7 Å². The van der Waals surface area contributed by atoms with E-state index in [9.17, 15) is 5.11 Å². The Kier molecular flexibility index (Phi) is 2.55. The Balaban J connectivity index is 2.43. The van der Waals surface area contributed by atoms with Gasteiger partial charge >= 0.3 is 0 Å². The van der Waals surface area contributed by atoms with E-state index in [0.717, 1.165) is 19.6 Å². The SMILES string of the molecule is CCCN1CC(O)C(C)(C)C1. The molecule has 1 atom stereocenters. The van der Waals surface area contributed by atoms with Gasteiger partial charge in [-0.1, -0.05) is 20.8 Å². The molecule has 0 aromatic heterocycles. The molecule has 0 radical (unpaired) electrons. The zero-order valence-electron chi connectivity index (χ0n) is 7.80. The van der Waals surface area contributed by atoms with Crippen molar-refractivity contribution in [1.29, 1.82) is 0 Å². The second kappa shape index (κ2) is 3.11. The lowest BCUT2D eigenvalue weighted by molar-refractivity contribution is 0.0955. The molecule has 1 heterocycles. The topological polar surface area (TPSA) is 23.5 Å². The first-order chi connectivity index (χ1) is 5.06. The molecule has 0 saturated carbocycles. The van der Waals surface area contributed by atoms with Crippen LogP contribution in [0.25, 0.3) is 0 Å². The largest absolute Gasteiger partial charge is 0.391 e. The monoisotopic (exact) mass is 157 g/mol. The van der Waals surface area contributed by atoms with E-state index < -0.39 is 0 Å². The third-order valence-corrected chi connectivity index (χ3v) is 2.50. The summed E-state index contributed by atoms with van der Waals surface area (Å²) in [6.45, 7) is 9.47. The molecule has 0 bridgehead atoms. The summed E-state index contributed by atoms with van der Waals surface area (Å²) in [5.41, 5.74) is 0.106. The Hall–Kier alpha value is -0.0800. The summed E-state index contributed by atoms with van der Waals surface area (Å²) in [4.78, 5) is 2.34. The summed E-state index contributed by atoms with van der Waals surface area (Å²) in [5, 5.41) is 9.61. The maximum atomic E-state index is 9.61. The van der Waals surface area contributed by atoms with Crippen LogP contribution < -0.4 is 0 Å². The van der Waals surface area contributed by atoms with Gasteiger partial charge in [-0.2, -0.15) is 0 Å². The summed E-state index contributed by atoms with van der Waals surface area (Å²) < 4.78 is 0. The highest BCUT2D eigenvalue weighted by Crippen LogP contribution is 2.29. The molecule has 1 aliphatic rings.